The fourth-order valence-electron chi connectivity index (χ4n) is 3.03. The second-order valence-electron chi connectivity index (χ2n) is 7.72. The molecule has 0 fully saturated rings. The van der Waals surface area contributed by atoms with E-state index in [1.54, 1.807) is 61.5 Å². The fourth-order valence-corrected chi connectivity index (χ4v) is 3.03. The molecule has 0 saturated carbocycles. The molecule has 8 nitrogen and oxygen atoms in total. The summed E-state index contributed by atoms with van der Waals surface area (Å²) >= 11 is 0. The van der Waals surface area contributed by atoms with Gasteiger partial charge in [-0.25, -0.2) is 19.2 Å². The first-order chi connectivity index (χ1) is 17.8. The standard InChI is InChI=1S/C29H24O8/c1-4-26(30)34-17-20-6-10-22(11-7-20)28(32)36-24-14-15-25(19(3)16-24)37-29(33)23-12-8-21(9-13-23)18-35-27(31)5-2/h4-16H,1-2,17-18H2,3H3. The topological polar surface area (TPSA) is 105 Å². The first-order valence-corrected chi connectivity index (χ1v) is 11.1. The summed E-state index contributed by atoms with van der Waals surface area (Å²) in [5.74, 6) is -1.61. The number of hydrogen-bond donors (Lipinski definition) is 0. The van der Waals surface area contributed by atoms with E-state index in [9.17, 15) is 19.2 Å². The van der Waals surface area contributed by atoms with E-state index in [-0.39, 0.29) is 19.0 Å². The zero-order valence-corrected chi connectivity index (χ0v) is 20.1. The number of carbonyl (C=O) groups is 4. The molecule has 0 radical (unpaired) electrons. The quantitative estimate of drug-likeness (QED) is 0.220. The molecule has 3 aromatic rings. The lowest BCUT2D eigenvalue weighted by molar-refractivity contribution is -0.139. The molecule has 0 heterocycles. The van der Waals surface area contributed by atoms with Gasteiger partial charge in [-0.1, -0.05) is 37.4 Å². The average Bonchev–Trinajstić information content (AvgIpc) is 2.92. The normalized spacial score (nSPS) is 10.1. The molecule has 0 saturated heterocycles. The number of esters is 4. The third-order valence-electron chi connectivity index (χ3n) is 5.03. The van der Waals surface area contributed by atoms with Gasteiger partial charge in [-0.15, -0.1) is 0 Å². The summed E-state index contributed by atoms with van der Waals surface area (Å²) in [6, 6.07) is 17.5. The molecule has 0 aliphatic carbocycles. The number of ether oxygens (including phenoxy) is 4. The van der Waals surface area contributed by atoms with Crippen LogP contribution < -0.4 is 9.47 Å². The van der Waals surface area contributed by atoms with Crippen molar-refractivity contribution in [2.45, 2.75) is 20.1 Å². The van der Waals surface area contributed by atoms with Gasteiger partial charge in [0.25, 0.3) is 0 Å². The molecule has 0 bridgehead atoms. The molecule has 0 atom stereocenters. The highest BCUT2D eigenvalue weighted by Crippen LogP contribution is 2.25. The SMILES string of the molecule is C=CC(=O)OCc1ccc(C(=O)Oc2ccc(OC(=O)c3ccc(COC(=O)C=C)cc3)c(C)c2)cc1. The molecule has 0 amide bonds. The summed E-state index contributed by atoms with van der Waals surface area (Å²) in [6.45, 7) is 8.51. The highest BCUT2D eigenvalue weighted by atomic mass is 16.5. The third kappa shape index (κ3) is 7.76. The summed E-state index contributed by atoms with van der Waals surface area (Å²) in [7, 11) is 0. The van der Waals surface area contributed by atoms with Gasteiger partial charge in [0.05, 0.1) is 11.1 Å². The maximum absolute atomic E-state index is 12.5. The Morgan fingerprint density at radius 1 is 0.676 bits per heavy atom. The van der Waals surface area contributed by atoms with Crippen LogP contribution in [0.5, 0.6) is 11.5 Å². The van der Waals surface area contributed by atoms with Crippen LogP contribution in [-0.2, 0) is 32.3 Å². The predicted molar refractivity (Wildman–Crippen MR) is 134 cm³/mol. The van der Waals surface area contributed by atoms with Crippen molar-refractivity contribution in [2.24, 2.45) is 0 Å². The van der Waals surface area contributed by atoms with E-state index in [4.69, 9.17) is 18.9 Å². The van der Waals surface area contributed by atoms with Gasteiger partial charge in [0.1, 0.15) is 24.7 Å². The number of carbonyl (C=O) groups excluding carboxylic acids is 4. The molecular weight excluding hydrogens is 476 g/mol. The summed E-state index contributed by atoms with van der Waals surface area (Å²) in [5, 5.41) is 0. The van der Waals surface area contributed by atoms with Gasteiger partial charge < -0.3 is 18.9 Å². The van der Waals surface area contributed by atoms with Crippen LogP contribution in [0.3, 0.4) is 0 Å². The van der Waals surface area contributed by atoms with Gasteiger partial charge in [-0.05, 0) is 66.1 Å². The Kier molecular flexibility index (Phi) is 9.10. The lowest BCUT2D eigenvalue weighted by Gasteiger charge is -2.10. The van der Waals surface area contributed by atoms with Gasteiger partial charge in [-0.3, -0.25) is 0 Å². The summed E-state index contributed by atoms with van der Waals surface area (Å²) < 4.78 is 20.8. The summed E-state index contributed by atoms with van der Waals surface area (Å²) in [4.78, 5) is 47.3. The Morgan fingerprint density at radius 2 is 1.14 bits per heavy atom. The van der Waals surface area contributed by atoms with Gasteiger partial charge in [0, 0.05) is 12.2 Å². The van der Waals surface area contributed by atoms with E-state index in [0.29, 0.717) is 33.6 Å². The van der Waals surface area contributed by atoms with Crippen LogP contribution in [0.25, 0.3) is 0 Å². The van der Waals surface area contributed by atoms with Crippen molar-refractivity contribution in [3.05, 3.63) is 120 Å². The minimum Gasteiger partial charge on any atom is -0.458 e. The highest BCUT2D eigenvalue weighted by molar-refractivity contribution is 5.92. The van der Waals surface area contributed by atoms with Gasteiger partial charge in [-0.2, -0.15) is 0 Å². The number of benzene rings is 3. The number of aryl methyl sites for hydroxylation is 1. The largest absolute Gasteiger partial charge is 0.458 e. The summed E-state index contributed by atoms with van der Waals surface area (Å²) in [5.41, 5.74) is 2.64. The maximum atomic E-state index is 12.5. The monoisotopic (exact) mass is 500 g/mol. The minimum atomic E-state index is -0.572. The van der Waals surface area contributed by atoms with Gasteiger partial charge in [0.15, 0.2) is 0 Å². The Morgan fingerprint density at radius 3 is 1.57 bits per heavy atom. The van der Waals surface area contributed by atoms with Crippen LogP contribution in [0.1, 0.15) is 37.4 Å². The van der Waals surface area contributed by atoms with Gasteiger partial charge in [0.2, 0.25) is 0 Å². The molecule has 3 rings (SSSR count). The van der Waals surface area contributed by atoms with Crippen molar-refractivity contribution in [3.63, 3.8) is 0 Å². The number of hydrogen-bond acceptors (Lipinski definition) is 8. The second kappa shape index (κ2) is 12.6. The molecular formula is C29H24O8. The van der Waals surface area contributed by atoms with Crippen LogP contribution in [0, 0.1) is 6.92 Å². The van der Waals surface area contributed by atoms with Gasteiger partial charge >= 0.3 is 23.9 Å². The first kappa shape index (κ1) is 26.6. The zero-order chi connectivity index (χ0) is 26.8. The molecule has 3 aromatic carbocycles. The van der Waals surface area contributed by atoms with Crippen LogP contribution in [-0.4, -0.2) is 23.9 Å². The molecule has 8 heteroatoms. The molecule has 0 aromatic heterocycles. The molecule has 0 aliphatic rings. The Bertz CT molecular complexity index is 1320. The number of rotatable bonds is 10. The minimum absolute atomic E-state index is 0.0643. The van der Waals surface area contributed by atoms with Crippen LogP contribution in [0.2, 0.25) is 0 Å². The van der Waals surface area contributed by atoms with Crippen molar-refractivity contribution in [1.82, 2.24) is 0 Å². The van der Waals surface area contributed by atoms with Crippen molar-refractivity contribution < 1.29 is 38.1 Å². The molecule has 0 aliphatic heterocycles. The summed E-state index contributed by atoms with van der Waals surface area (Å²) in [6.07, 6.45) is 2.15. The Hall–Kier alpha value is -4.98. The van der Waals surface area contributed by atoms with E-state index in [0.717, 1.165) is 12.2 Å². The van der Waals surface area contributed by atoms with Crippen LogP contribution in [0.15, 0.2) is 92.0 Å². The molecule has 188 valence electrons. The van der Waals surface area contributed by atoms with Crippen molar-refractivity contribution >= 4 is 23.9 Å². The molecule has 0 spiro atoms. The van der Waals surface area contributed by atoms with Crippen molar-refractivity contribution in [3.8, 4) is 11.5 Å². The zero-order valence-electron chi connectivity index (χ0n) is 20.1. The Balaban J connectivity index is 1.57. The average molecular weight is 501 g/mol. The first-order valence-electron chi connectivity index (χ1n) is 11.1. The van der Waals surface area contributed by atoms with E-state index in [1.807, 2.05) is 0 Å². The highest BCUT2D eigenvalue weighted by Gasteiger charge is 2.14. The van der Waals surface area contributed by atoms with Crippen LogP contribution in [0.4, 0.5) is 0 Å². The maximum Gasteiger partial charge on any atom is 0.343 e. The van der Waals surface area contributed by atoms with E-state index < -0.39 is 23.9 Å². The van der Waals surface area contributed by atoms with Crippen LogP contribution >= 0.6 is 0 Å². The van der Waals surface area contributed by atoms with E-state index in [2.05, 4.69) is 13.2 Å². The molecule has 37 heavy (non-hydrogen) atoms. The van der Waals surface area contributed by atoms with E-state index in [1.165, 1.54) is 12.1 Å². The Labute approximate surface area is 213 Å². The second-order valence-corrected chi connectivity index (χ2v) is 7.72. The van der Waals surface area contributed by atoms with Crippen molar-refractivity contribution in [2.75, 3.05) is 0 Å². The molecule has 0 unspecified atom stereocenters. The van der Waals surface area contributed by atoms with Crippen molar-refractivity contribution in [1.29, 1.82) is 0 Å². The predicted octanol–water partition coefficient (Wildman–Crippen LogP) is 4.89. The molecule has 0 N–H and O–H groups in total. The fraction of sp³-hybridized carbons (Fsp3) is 0.103. The van der Waals surface area contributed by atoms with E-state index >= 15 is 0 Å². The lowest BCUT2D eigenvalue weighted by atomic mass is 10.1. The lowest BCUT2D eigenvalue weighted by Crippen LogP contribution is -2.11. The third-order valence-corrected chi connectivity index (χ3v) is 5.03. The smallest absolute Gasteiger partial charge is 0.343 e.